The molecule has 2 aliphatic rings. The Bertz CT molecular complexity index is 958. The zero-order chi connectivity index (χ0) is 22.7. The van der Waals surface area contributed by atoms with Crippen LogP contribution in [0.3, 0.4) is 0 Å². The summed E-state index contributed by atoms with van der Waals surface area (Å²) in [5.41, 5.74) is 2.39. The van der Waals surface area contributed by atoms with Crippen LogP contribution in [-0.2, 0) is 15.7 Å². The maximum atomic E-state index is 13.3. The lowest BCUT2D eigenvalue weighted by Gasteiger charge is -2.31. The molecular formula is C24H28F3N3O2. The van der Waals surface area contributed by atoms with Crippen LogP contribution < -0.4 is 10.2 Å². The number of halogens is 3. The molecule has 1 unspecified atom stereocenters. The van der Waals surface area contributed by atoms with Gasteiger partial charge in [0.15, 0.2) is 0 Å². The number of benzene rings is 2. The Labute approximate surface area is 186 Å². The molecule has 0 spiro atoms. The number of morpholine rings is 1. The highest BCUT2D eigenvalue weighted by Gasteiger charge is 2.32. The molecule has 2 aromatic carbocycles. The van der Waals surface area contributed by atoms with E-state index in [0.29, 0.717) is 32.0 Å². The van der Waals surface area contributed by atoms with Gasteiger partial charge in [-0.3, -0.25) is 9.69 Å². The minimum Gasteiger partial charge on any atom is -0.378 e. The second kappa shape index (κ2) is 9.50. The van der Waals surface area contributed by atoms with Gasteiger partial charge < -0.3 is 15.0 Å². The largest absolute Gasteiger partial charge is 0.416 e. The van der Waals surface area contributed by atoms with Gasteiger partial charge in [-0.15, -0.1) is 0 Å². The summed E-state index contributed by atoms with van der Waals surface area (Å²) in [4.78, 5) is 17.0. The normalized spacial score (nSPS) is 19.9. The van der Waals surface area contributed by atoms with Crippen LogP contribution in [0.2, 0.25) is 0 Å². The van der Waals surface area contributed by atoms with Gasteiger partial charge in [-0.2, -0.15) is 13.2 Å². The van der Waals surface area contributed by atoms with Gasteiger partial charge in [0.2, 0.25) is 5.91 Å². The Morgan fingerprint density at radius 3 is 2.59 bits per heavy atom. The number of nitrogens with one attached hydrogen (secondary N) is 1. The number of rotatable bonds is 5. The number of hydrogen-bond acceptors (Lipinski definition) is 4. The average Bonchev–Trinajstić information content (AvgIpc) is 3.21. The number of aryl methyl sites for hydroxylation is 1. The highest BCUT2D eigenvalue weighted by molar-refractivity contribution is 5.96. The van der Waals surface area contributed by atoms with Crippen LogP contribution in [0.25, 0.3) is 0 Å². The van der Waals surface area contributed by atoms with Crippen molar-refractivity contribution >= 4 is 17.3 Å². The number of hydrogen-bond donors (Lipinski definition) is 1. The van der Waals surface area contributed by atoms with Crippen LogP contribution >= 0.6 is 0 Å². The minimum absolute atomic E-state index is 0.137. The fraction of sp³-hybridized carbons (Fsp3) is 0.458. The standard InChI is InChI=1S/C24H28F3N3O2/c1-17-5-2-3-6-19(17)21-7-4-10-30(21)16-23(31)28-20-15-18(24(25,26)27)8-9-22(20)29-11-13-32-14-12-29/h2-3,5-6,8-9,15,21H,4,7,10-14,16H2,1H3,(H,28,31). The molecule has 2 saturated heterocycles. The average molecular weight is 448 g/mol. The Morgan fingerprint density at radius 2 is 1.88 bits per heavy atom. The maximum Gasteiger partial charge on any atom is 0.416 e. The second-order valence-corrected chi connectivity index (χ2v) is 8.36. The van der Waals surface area contributed by atoms with E-state index in [2.05, 4.69) is 29.3 Å². The first kappa shape index (κ1) is 22.6. The summed E-state index contributed by atoms with van der Waals surface area (Å²) in [5.74, 6) is -0.306. The van der Waals surface area contributed by atoms with Crippen molar-refractivity contribution in [3.8, 4) is 0 Å². The van der Waals surface area contributed by atoms with Gasteiger partial charge in [-0.25, -0.2) is 0 Å². The summed E-state index contributed by atoms with van der Waals surface area (Å²) in [7, 11) is 0. The van der Waals surface area contributed by atoms with Crippen LogP contribution in [0.15, 0.2) is 42.5 Å². The molecule has 1 atom stereocenters. The number of nitrogens with zero attached hydrogens (tertiary/aromatic N) is 2. The lowest BCUT2D eigenvalue weighted by Crippen LogP contribution is -2.37. The molecule has 0 aromatic heterocycles. The van der Waals surface area contributed by atoms with Crippen molar-refractivity contribution in [3.63, 3.8) is 0 Å². The highest BCUT2D eigenvalue weighted by atomic mass is 19.4. The number of anilines is 2. The SMILES string of the molecule is Cc1ccccc1C1CCCN1CC(=O)Nc1cc(C(F)(F)F)ccc1N1CCOCC1. The molecule has 4 rings (SSSR count). The minimum atomic E-state index is -4.48. The van der Waals surface area contributed by atoms with Crippen molar-refractivity contribution in [1.82, 2.24) is 4.90 Å². The van der Waals surface area contributed by atoms with Crippen molar-refractivity contribution in [2.24, 2.45) is 0 Å². The van der Waals surface area contributed by atoms with E-state index in [1.165, 1.54) is 17.2 Å². The predicted molar refractivity (Wildman–Crippen MR) is 118 cm³/mol. The predicted octanol–water partition coefficient (Wildman–Crippen LogP) is 4.63. The van der Waals surface area contributed by atoms with E-state index >= 15 is 0 Å². The van der Waals surface area contributed by atoms with Gasteiger partial charge in [-0.05, 0) is 55.6 Å². The Morgan fingerprint density at radius 1 is 1.12 bits per heavy atom. The summed E-state index contributed by atoms with van der Waals surface area (Å²) >= 11 is 0. The van der Waals surface area contributed by atoms with E-state index in [9.17, 15) is 18.0 Å². The van der Waals surface area contributed by atoms with Crippen molar-refractivity contribution in [3.05, 3.63) is 59.2 Å². The van der Waals surface area contributed by atoms with Crippen molar-refractivity contribution in [1.29, 1.82) is 0 Å². The summed E-state index contributed by atoms with van der Waals surface area (Å²) in [5, 5.41) is 2.77. The van der Waals surface area contributed by atoms with E-state index in [0.717, 1.165) is 31.5 Å². The molecule has 1 N–H and O–H groups in total. The van der Waals surface area contributed by atoms with E-state index in [1.807, 2.05) is 17.0 Å². The third-order valence-corrected chi connectivity index (χ3v) is 6.21. The van der Waals surface area contributed by atoms with Gasteiger partial charge >= 0.3 is 6.18 Å². The van der Waals surface area contributed by atoms with Crippen molar-refractivity contribution in [2.75, 3.05) is 49.6 Å². The van der Waals surface area contributed by atoms with Gasteiger partial charge in [0.25, 0.3) is 0 Å². The molecule has 172 valence electrons. The molecule has 32 heavy (non-hydrogen) atoms. The van der Waals surface area contributed by atoms with Gasteiger partial charge in [0.05, 0.1) is 36.7 Å². The monoisotopic (exact) mass is 447 g/mol. The van der Waals surface area contributed by atoms with Crippen LogP contribution in [0.4, 0.5) is 24.5 Å². The van der Waals surface area contributed by atoms with E-state index in [4.69, 9.17) is 4.74 Å². The summed E-state index contributed by atoms with van der Waals surface area (Å²) < 4.78 is 45.3. The molecule has 1 amide bonds. The number of ether oxygens (including phenoxy) is 1. The van der Waals surface area contributed by atoms with Crippen LogP contribution in [0, 0.1) is 6.92 Å². The van der Waals surface area contributed by atoms with Crippen molar-refractivity contribution < 1.29 is 22.7 Å². The summed E-state index contributed by atoms with van der Waals surface area (Å²) in [6.07, 6.45) is -2.54. The fourth-order valence-electron chi connectivity index (χ4n) is 4.59. The van der Waals surface area contributed by atoms with Crippen molar-refractivity contribution in [2.45, 2.75) is 32.0 Å². The summed E-state index contributed by atoms with van der Waals surface area (Å²) in [6, 6.07) is 11.8. The summed E-state index contributed by atoms with van der Waals surface area (Å²) in [6.45, 7) is 5.11. The molecule has 2 fully saturated rings. The molecule has 2 aromatic rings. The van der Waals surface area contributed by atoms with Gasteiger partial charge in [0, 0.05) is 19.1 Å². The number of alkyl halides is 3. The van der Waals surface area contributed by atoms with Crippen LogP contribution in [0.5, 0.6) is 0 Å². The zero-order valence-electron chi connectivity index (χ0n) is 18.1. The Kier molecular flexibility index (Phi) is 6.71. The molecule has 2 aliphatic heterocycles. The Balaban J connectivity index is 1.53. The van der Waals surface area contributed by atoms with Crippen LogP contribution in [-0.4, -0.2) is 50.2 Å². The first-order valence-electron chi connectivity index (χ1n) is 11.0. The van der Waals surface area contributed by atoms with Crippen LogP contribution in [0.1, 0.15) is 35.6 Å². The molecule has 5 nitrogen and oxygen atoms in total. The Hall–Kier alpha value is -2.58. The zero-order valence-corrected chi connectivity index (χ0v) is 18.1. The number of carbonyl (C=O) groups excluding carboxylic acids is 1. The first-order valence-corrected chi connectivity index (χ1v) is 11.0. The number of likely N-dealkylation sites (tertiary alicyclic amines) is 1. The smallest absolute Gasteiger partial charge is 0.378 e. The highest BCUT2D eigenvalue weighted by Crippen LogP contribution is 2.36. The van der Waals surface area contributed by atoms with Gasteiger partial charge in [0.1, 0.15) is 0 Å². The molecule has 0 aliphatic carbocycles. The second-order valence-electron chi connectivity index (χ2n) is 8.36. The fourth-order valence-corrected chi connectivity index (χ4v) is 4.59. The van der Waals surface area contributed by atoms with E-state index < -0.39 is 11.7 Å². The quantitative estimate of drug-likeness (QED) is 0.726. The molecule has 0 radical (unpaired) electrons. The number of amides is 1. The molecule has 0 saturated carbocycles. The maximum absolute atomic E-state index is 13.3. The number of carbonyl (C=O) groups is 1. The third-order valence-electron chi connectivity index (χ3n) is 6.21. The molecule has 2 heterocycles. The molecular weight excluding hydrogens is 419 g/mol. The lowest BCUT2D eigenvalue weighted by atomic mass is 9.99. The third kappa shape index (κ3) is 5.07. The van der Waals surface area contributed by atoms with E-state index in [1.54, 1.807) is 0 Å². The first-order chi connectivity index (χ1) is 15.3. The topological polar surface area (TPSA) is 44.8 Å². The molecule has 8 heteroatoms. The van der Waals surface area contributed by atoms with E-state index in [-0.39, 0.29) is 24.2 Å². The molecule has 0 bridgehead atoms. The lowest BCUT2D eigenvalue weighted by molar-refractivity contribution is -0.137. The van der Waals surface area contributed by atoms with Gasteiger partial charge in [-0.1, -0.05) is 24.3 Å².